The molecule has 0 radical (unpaired) electrons. The van der Waals surface area contributed by atoms with E-state index in [0.29, 0.717) is 18.5 Å². The highest BCUT2D eigenvalue weighted by Gasteiger charge is 2.06. The summed E-state index contributed by atoms with van der Waals surface area (Å²) in [5, 5.41) is 7.59. The van der Waals surface area contributed by atoms with Gasteiger partial charge >= 0.3 is 6.01 Å². The number of halogens is 1. The van der Waals surface area contributed by atoms with Gasteiger partial charge in [-0.2, -0.15) is 0 Å². The number of aromatic nitrogens is 3. The van der Waals surface area contributed by atoms with E-state index < -0.39 is 0 Å². The number of alkyl halides is 1. The fourth-order valence-electron chi connectivity index (χ4n) is 0.716. The van der Waals surface area contributed by atoms with Crippen LogP contribution in [0.4, 0.5) is 0 Å². The Kier molecular flexibility index (Phi) is 2.70. The van der Waals surface area contributed by atoms with Crippen LogP contribution in [0.1, 0.15) is 12.7 Å². The molecule has 0 atom stereocenters. The fraction of sp³-hybridized carbons (Fsp3) is 0.667. The highest BCUT2D eigenvalue weighted by molar-refractivity contribution is 6.16. The SMILES string of the molecule is CCOc1nnc(CCl)n1C. The molecule has 11 heavy (non-hydrogen) atoms. The minimum absolute atomic E-state index is 0.358. The van der Waals surface area contributed by atoms with Gasteiger partial charge in [-0.1, -0.05) is 5.10 Å². The van der Waals surface area contributed by atoms with E-state index in [1.54, 1.807) is 4.57 Å². The number of nitrogens with zero attached hydrogens (tertiary/aromatic N) is 3. The average Bonchev–Trinajstić information content (AvgIpc) is 2.34. The first-order valence-electron chi connectivity index (χ1n) is 3.36. The number of ether oxygens (including phenoxy) is 1. The second-order valence-corrected chi connectivity index (χ2v) is 2.29. The van der Waals surface area contributed by atoms with E-state index in [4.69, 9.17) is 16.3 Å². The maximum absolute atomic E-state index is 5.57. The fourth-order valence-corrected chi connectivity index (χ4v) is 0.949. The maximum Gasteiger partial charge on any atom is 0.316 e. The molecule has 0 N–H and O–H groups in total. The molecule has 0 aliphatic carbocycles. The van der Waals surface area contributed by atoms with Crippen molar-refractivity contribution < 1.29 is 4.74 Å². The molecule has 0 amide bonds. The molecule has 0 fully saturated rings. The van der Waals surface area contributed by atoms with Crippen LogP contribution in [0.2, 0.25) is 0 Å². The summed E-state index contributed by atoms with van der Waals surface area (Å²) in [7, 11) is 1.82. The lowest BCUT2D eigenvalue weighted by molar-refractivity contribution is 0.300. The largest absolute Gasteiger partial charge is 0.464 e. The van der Waals surface area contributed by atoms with Gasteiger partial charge in [-0.15, -0.1) is 16.7 Å². The predicted molar refractivity (Wildman–Crippen MR) is 41.7 cm³/mol. The van der Waals surface area contributed by atoms with E-state index in [1.165, 1.54) is 0 Å². The molecule has 1 aromatic heterocycles. The lowest BCUT2D eigenvalue weighted by Gasteiger charge is -2.00. The van der Waals surface area contributed by atoms with Crippen LogP contribution in [-0.4, -0.2) is 21.4 Å². The first kappa shape index (κ1) is 8.33. The van der Waals surface area contributed by atoms with Crippen LogP contribution in [0.15, 0.2) is 0 Å². The molecular formula is C6H10ClN3O. The first-order valence-corrected chi connectivity index (χ1v) is 3.90. The molecule has 0 spiro atoms. The van der Waals surface area contributed by atoms with Gasteiger partial charge in [0.2, 0.25) is 0 Å². The molecule has 0 aliphatic rings. The highest BCUT2D eigenvalue weighted by Crippen LogP contribution is 2.08. The number of hydrogen-bond acceptors (Lipinski definition) is 3. The molecular weight excluding hydrogens is 166 g/mol. The van der Waals surface area contributed by atoms with Crippen molar-refractivity contribution in [2.24, 2.45) is 7.05 Å². The molecule has 1 rings (SSSR count). The van der Waals surface area contributed by atoms with Crippen molar-refractivity contribution in [2.75, 3.05) is 6.61 Å². The van der Waals surface area contributed by atoms with Crippen LogP contribution in [0.5, 0.6) is 6.01 Å². The van der Waals surface area contributed by atoms with Crippen LogP contribution in [0, 0.1) is 0 Å². The Morgan fingerprint density at radius 3 is 2.73 bits per heavy atom. The van der Waals surface area contributed by atoms with Gasteiger partial charge in [-0.3, -0.25) is 4.57 Å². The van der Waals surface area contributed by atoms with Gasteiger partial charge in [0.15, 0.2) is 0 Å². The lowest BCUT2D eigenvalue weighted by Crippen LogP contribution is -2.01. The minimum atomic E-state index is 0.358. The normalized spacial score (nSPS) is 10.1. The van der Waals surface area contributed by atoms with Crippen molar-refractivity contribution >= 4 is 11.6 Å². The Balaban J connectivity index is 2.82. The van der Waals surface area contributed by atoms with E-state index in [0.717, 1.165) is 5.82 Å². The number of rotatable bonds is 3. The first-order chi connectivity index (χ1) is 5.29. The van der Waals surface area contributed by atoms with Crippen molar-refractivity contribution in [1.82, 2.24) is 14.8 Å². The molecule has 0 saturated heterocycles. The van der Waals surface area contributed by atoms with Gasteiger partial charge in [0, 0.05) is 7.05 Å². The summed E-state index contributed by atoms with van der Waals surface area (Å²) in [6.07, 6.45) is 0. The topological polar surface area (TPSA) is 39.9 Å². The molecule has 0 saturated carbocycles. The van der Waals surface area contributed by atoms with Crippen LogP contribution in [-0.2, 0) is 12.9 Å². The highest BCUT2D eigenvalue weighted by atomic mass is 35.5. The molecule has 0 aliphatic heterocycles. The van der Waals surface area contributed by atoms with Crippen LogP contribution >= 0.6 is 11.6 Å². The standard InChI is InChI=1S/C6H10ClN3O/c1-3-11-6-9-8-5(4-7)10(6)2/h3-4H2,1-2H3. The minimum Gasteiger partial charge on any atom is -0.464 e. The molecule has 4 nitrogen and oxygen atoms in total. The monoisotopic (exact) mass is 175 g/mol. The third-order valence-electron chi connectivity index (χ3n) is 1.32. The van der Waals surface area contributed by atoms with E-state index in [9.17, 15) is 0 Å². The Morgan fingerprint density at radius 1 is 1.55 bits per heavy atom. The summed E-state index contributed by atoms with van der Waals surface area (Å²) < 4.78 is 6.88. The molecule has 5 heteroatoms. The Bertz CT molecular complexity index is 236. The van der Waals surface area contributed by atoms with Gasteiger partial charge in [0.1, 0.15) is 5.82 Å². The van der Waals surface area contributed by atoms with Crippen molar-refractivity contribution in [1.29, 1.82) is 0 Å². The van der Waals surface area contributed by atoms with Gasteiger partial charge in [-0.25, -0.2) is 0 Å². The zero-order valence-corrected chi connectivity index (χ0v) is 7.30. The summed E-state index contributed by atoms with van der Waals surface area (Å²) in [4.78, 5) is 0. The van der Waals surface area contributed by atoms with Gasteiger partial charge in [-0.05, 0) is 6.92 Å². The predicted octanol–water partition coefficient (Wildman–Crippen LogP) is 0.953. The lowest BCUT2D eigenvalue weighted by atomic mass is 10.7. The summed E-state index contributed by atoms with van der Waals surface area (Å²) in [5.74, 6) is 1.08. The Morgan fingerprint density at radius 2 is 2.27 bits per heavy atom. The molecule has 0 aromatic carbocycles. The zero-order chi connectivity index (χ0) is 8.27. The quantitative estimate of drug-likeness (QED) is 0.643. The molecule has 1 heterocycles. The Hall–Kier alpha value is -0.770. The van der Waals surface area contributed by atoms with E-state index in [2.05, 4.69) is 10.2 Å². The van der Waals surface area contributed by atoms with Crippen molar-refractivity contribution in [3.8, 4) is 6.01 Å². The second-order valence-electron chi connectivity index (χ2n) is 2.02. The van der Waals surface area contributed by atoms with Gasteiger partial charge < -0.3 is 4.74 Å². The average molecular weight is 176 g/mol. The molecule has 62 valence electrons. The molecule has 0 bridgehead atoms. The Labute approximate surface area is 70.1 Å². The van der Waals surface area contributed by atoms with E-state index in [-0.39, 0.29) is 0 Å². The molecule has 1 aromatic rings. The van der Waals surface area contributed by atoms with Gasteiger partial charge in [0.05, 0.1) is 12.5 Å². The smallest absolute Gasteiger partial charge is 0.316 e. The van der Waals surface area contributed by atoms with Gasteiger partial charge in [0.25, 0.3) is 0 Å². The third-order valence-corrected chi connectivity index (χ3v) is 1.56. The van der Waals surface area contributed by atoms with E-state index >= 15 is 0 Å². The van der Waals surface area contributed by atoms with Crippen molar-refractivity contribution in [3.05, 3.63) is 5.82 Å². The van der Waals surface area contributed by atoms with Crippen molar-refractivity contribution in [2.45, 2.75) is 12.8 Å². The summed E-state index contributed by atoms with van der Waals surface area (Å²) in [6, 6.07) is 0.517. The van der Waals surface area contributed by atoms with Crippen LogP contribution in [0.3, 0.4) is 0 Å². The second kappa shape index (κ2) is 3.57. The summed E-state index contributed by atoms with van der Waals surface area (Å²) >= 11 is 5.57. The molecule has 0 unspecified atom stereocenters. The maximum atomic E-state index is 5.57. The van der Waals surface area contributed by atoms with E-state index in [1.807, 2.05) is 14.0 Å². The van der Waals surface area contributed by atoms with Crippen molar-refractivity contribution in [3.63, 3.8) is 0 Å². The zero-order valence-electron chi connectivity index (χ0n) is 6.54. The van der Waals surface area contributed by atoms with Crippen LogP contribution < -0.4 is 4.74 Å². The number of hydrogen-bond donors (Lipinski definition) is 0. The third kappa shape index (κ3) is 1.63. The van der Waals surface area contributed by atoms with Crippen LogP contribution in [0.25, 0.3) is 0 Å². The summed E-state index contributed by atoms with van der Waals surface area (Å²) in [5.41, 5.74) is 0. The summed E-state index contributed by atoms with van der Waals surface area (Å²) in [6.45, 7) is 2.49.